The third-order valence-electron chi connectivity index (χ3n) is 6.48. The van der Waals surface area contributed by atoms with Gasteiger partial charge in [0.15, 0.2) is 5.82 Å². The molecule has 1 aliphatic heterocycles. The lowest BCUT2D eigenvalue weighted by Gasteiger charge is -2.33. The Balaban J connectivity index is 1.50. The van der Waals surface area contributed by atoms with Crippen molar-refractivity contribution in [3.05, 3.63) is 53.5 Å². The summed E-state index contributed by atoms with van der Waals surface area (Å²) < 4.78 is 5.74. The number of nitriles is 1. The summed E-state index contributed by atoms with van der Waals surface area (Å²) in [5, 5.41) is 23.9. The number of hydrogen-bond donors (Lipinski definition) is 3. The molecule has 38 heavy (non-hydrogen) atoms. The Bertz CT molecular complexity index is 1250. The highest BCUT2D eigenvalue weighted by Crippen LogP contribution is 2.35. The van der Waals surface area contributed by atoms with Crippen LogP contribution < -0.4 is 15.4 Å². The van der Waals surface area contributed by atoms with Crippen LogP contribution in [0.3, 0.4) is 0 Å². The Morgan fingerprint density at radius 1 is 1.29 bits per heavy atom. The van der Waals surface area contributed by atoms with Crippen LogP contribution in [0.2, 0.25) is 0 Å². The third-order valence-corrected chi connectivity index (χ3v) is 6.48. The number of aryl methyl sites for hydroxylation is 1. The summed E-state index contributed by atoms with van der Waals surface area (Å²) in [6, 6.07) is 9.87. The zero-order valence-electron chi connectivity index (χ0n) is 22.2. The van der Waals surface area contributed by atoms with Crippen molar-refractivity contribution in [1.29, 1.82) is 5.26 Å². The predicted octanol–water partition coefficient (Wildman–Crippen LogP) is 3.27. The van der Waals surface area contributed by atoms with Crippen LogP contribution in [-0.4, -0.2) is 82.8 Å². The zero-order chi connectivity index (χ0) is 26.9. The molecule has 3 N–H and O–H groups in total. The van der Waals surface area contributed by atoms with Gasteiger partial charge in [0, 0.05) is 44.0 Å². The van der Waals surface area contributed by atoms with Gasteiger partial charge in [0.05, 0.1) is 18.3 Å². The Hall–Kier alpha value is -4.17. The van der Waals surface area contributed by atoms with Crippen LogP contribution >= 0.6 is 0 Å². The Labute approximate surface area is 223 Å². The van der Waals surface area contributed by atoms with E-state index in [4.69, 9.17) is 9.72 Å². The van der Waals surface area contributed by atoms with E-state index < -0.39 is 0 Å². The quantitative estimate of drug-likeness (QED) is 0.327. The highest BCUT2D eigenvalue weighted by Gasteiger charge is 2.27. The largest absolute Gasteiger partial charge is 0.490 e. The van der Waals surface area contributed by atoms with E-state index in [1.807, 2.05) is 55.1 Å². The summed E-state index contributed by atoms with van der Waals surface area (Å²) >= 11 is 0. The minimum atomic E-state index is 0.138. The van der Waals surface area contributed by atoms with Crippen molar-refractivity contribution in [3.8, 4) is 11.8 Å². The molecule has 0 radical (unpaired) electrons. The number of H-pyrrole nitrogens is 1. The fourth-order valence-electron chi connectivity index (χ4n) is 4.50. The predicted molar refractivity (Wildman–Crippen MR) is 146 cm³/mol. The first-order chi connectivity index (χ1) is 18.4. The molecule has 4 rings (SSSR count). The van der Waals surface area contributed by atoms with Crippen molar-refractivity contribution in [3.63, 3.8) is 0 Å². The van der Waals surface area contributed by atoms with Crippen molar-refractivity contribution in [2.75, 3.05) is 57.5 Å². The van der Waals surface area contributed by atoms with Crippen molar-refractivity contribution >= 4 is 23.4 Å². The third kappa shape index (κ3) is 7.20. The van der Waals surface area contributed by atoms with E-state index >= 15 is 0 Å². The topological polar surface area (TPSA) is 135 Å². The van der Waals surface area contributed by atoms with Crippen molar-refractivity contribution in [1.82, 2.24) is 30.0 Å². The molecule has 3 aromatic rings. The Morgan fingerprint density at radius 2 is 2.11 bits per heavy atom. The fourth-order valence-corrected chi connectivity index (χ4v) is 4.50. The van der Waals surface area contributed by atoms with Crippen LogP contribution in [0, 0.1) is 18.3 Å². The number of likely N-dealkylation sites (tertiary alicyclic amines) is 1. The van der Waals surface area contributed by atoms with Gasteiger partial charge in [0.1, 0.15) is 30.1 Å². The summed E-state index contributed by atoms with van der Waals surface area (Å²) in [5.74, 6) is 2.75. The van der Waals surface area contributed by atoms with E-state index in [1.165, 1.54) is 0 Å². The van der Waals surface area contributed by atoms with Crippen LogP contribution in [-0.2, 0) is 4.79 Å². The molecule has 0 unspecified atom stereocenters. The molecule has 4 heterocycles. The normalized spacial score (nSPS) is 13.8. The highest BCUT2D eigenvalue weighted by molar-refractivity contribution is 5.76. The first kappa shape index (κ1) is 26.9. The maximum absolute atomic E-state index is 12.6. The number of amides is 1. The summed E-state index contributed by atoms with van der Waals surface area (Å²) in [6.07, 6.45) is 5.45. The molecule has 0 atom stereocenters. The second kappa shape index (κ2) is 12.9. The minimum Gasteiger partial charge on any atom is -0.490 e. The molecule has 11 nitrogen and oxygen atoms in total. The molecule has 0 bridgehead atoms. The number of nitrogens with one attached hydrogen (secondary N) is 3. The van der Waals surface area contributed by atoms with E-state index in [9.17, 15) is 10.1 Å². The van der Waals surface area contributed by atoms with E-state index in [2.05, 4.69) is 31.9 Å². The second-order valence-electron chi connectivity index (χ2n) is 9.67. The number of carbonyl (C=O) groups is 1. The van der Waals surface area contributed by atoms with Crippen molar-refractivity contribution in [2.45, 2.75) is 32.1 Å². The average molecular weight is 518 g/mol. The van der Waals surface area contributed by atoms with Gasteiger partial charge in [-0.15, -0.1) is 0 Å². The average Bonchev–Trinajstić information content (AvgIpc) is 3.34. The van der Waals surface area contributed by atoms with E-state index in [0.717, 1.165) is 30.6 Å². The minimum absolute atomic E-state index is 0.138. The fraction of sp³-hybridized carbons (Fsp3) is 0.444. The SMILES string of the molecule is Cc1cc(Nc2cc(C3CCN(C(=O)CCN(C)C)CC3)c(C#N)c(NCCOc3cccnc3)n2)n[nH]1. The summed E-state index contributed by atoms with van der Waals surface area (Å²) in [5.41, 5.74) is 2.37. The lowest BCUT2D eigenvalue weighted by molar-refractivity contribution is -0.132. The van der Waals surface area contributed by atoms with E-state index in [-0.39, 0.29) is 11.8 Å². The van der Waals surface area contributed by atoms with Crippen molar-refractivity contribution in [2.24, 2.45) is 0 Å². The Morgan fingerprint density at radius 3 is 2.76 bits per heavy atom. The number of anilines is 3. The first-order valence-corrected chi connectivity index (χ1v) is 12.9. The smallest absolute Gasteiger partial charge is 0.223 e. The number of nitrogens with zero attached hydrogens (tertiary/aromatic N) is 6. The number of carbonyl (C=O) groups excluding carboxylic acids is 1. The summed E-state index contributed by atoms with van der Waals surface area (Å²) in [7, 11) is 3.94. The van der Waals surface area contributed by atoms with Gasteiger partial charge < -0.3 is 25.2 Å². The number of ether oxygens (including phenoxy) is 1. The monoisotopic (exact) mass is 517 g/mol. The first-order valence-electron chi connectivity index (χ1n) is 12.9. The Kier molecular flexibility index (Phi) is 9.11. The molecule has 3 aromatic heterocycles. The molecular formula is C27H35N9O2. The summed E-state index contributed by atoms with van der Waals surface area (Å²) in [6.45, 7) is 4.86. The van der Waals surface area contributed by atoms with Crippen LogP contribution in [0.25, 0.3) is 0 Å². The zero-order valence-corrected chi connectivity index (χ0v) is 22.2. The van der Waals surface area contributed by atoms with Crippen LogP contribution in [0.4, 0.5) is 17.5 Å². The standard InChI is InChI=1S/C27H35N9O2/c1-19-15-25(34-33-19)31-24-16-22(20-6-12-36(13-7-20)26(37)8-11-35(2)3)23(17-28)27(32-24)30-10-14-38-21-5-4-9-29-18-21/h4-5,9,15-16,18,20H,6-8,10-14H2,1-3H3,(H3,30,31,32,33,34). The molecule has 0 spiro atoms. The molecule has 0 aliphatic carbocycles. The number of rotatable bonds is 11. The number of piperidine rings is 1. The molecule has 200 valence electrons. The molecule has 1 saturated heterocycles. The van der Waals surface area contributed by atoms with Gasteiger partial charge in [-0.25, -0.2) is 4.98 Å². The van der Waals surface area contributed by atoms with Crippen molar-refractivity contribution < 1.29 is 9.53 Å². The second-order valence-corrected chi connectivity index (χ2v) is 9.67. The lowest BCUT2D eigenvalue weighted by atomic mass is 9.87. The van der Waals surface area contributed by atoms with Gasteiger partial charge in [0.2, 0.25) is 5.91 Å². The molecule has 1 amide bonds. The molecule has 1 aliphatic rings. The van der Waals surface area contributed by atoms with Gasteiger partial charge in [-0.3, -0.25) is 14.9 Å². The van der Waals surface area contributed by atoms with Crippen LogP contribution in [0.1, 0.15) is 42.0 Å². The van der Waals surface area contributed by atoms with E-state index in [0.29, 0.717) is 61.4 Å². The summed E-state index contributed by atoms with van der Waals surface area (Å²) in [4.78, 5) is 25.3. The maximum Gasteiger partial charge on any atom is 0.223 e. The molecule has 1 fully saturated rings. The van der Waals surface area contributed by atoms with Gasteiger partial charge in [-0.1, -0.05) is 0 Å². The number of aromatic nitrogens is 4. The van der Waals surface area contributed by atoms with Gasteiger partial charge in [-0.2, -0.15) is 10.4 Å². The molecule has 11 heteroatoms. The lowest BCUT2D eigenvalue weighted by Crippen LogP contribution is -2.39. The maximum atomic E-state index is 12.6. The number of aromatic amines is 1. The van der Waals surface area contributed by atoms with Gasteiger partial charge in [0.25, 0.3) is 0 Å². The van der Waals surface area contributed by atoms with E-state index in [1.54, 1.807) is 12.4 Å². The molecule has 0 aromatic carbocycles. The number of hydrogen-bond acceptors (Lipinski definition) is 9. The molecule has 0 saturated carbocycles. The molecular weight excluding hydrogens is 482 g/mol. The van der Waals surface area contributed by atoms with Gasteiger partial charge in [-0.05, 0) is 63.5 Å². The van der Waals surface area contributed by atoms with Crippen LogP contribution in [0.5, 0.6) is 5.75 Å². The van der Waals surface area contributed by atoms with Crippen LogP contribution in [0.15, 0.2) is 36.7 Å². The van der Waals surface area contributed by atoms with Gasteiger partial charge >= 0.3 is 0 Å². The number of pyridine rings is 2. The highest BCUT2D eigenvalue weighted by atomic mass is 16.5.